The number of hydrogen-bond acceptors (Lipinski definition) is 4. The first kappa shape index (κ1) is 14.0. The molecule has 0 heterocycles. The predicted octanol–water partition coefficient (Wildman–Crippen LogP) is 0.784. The Kier molecular flexibility index (Phi) is 4.50. The second-order valence-electron chi connectivity index (χ2n) is 3.90. The number of phenolic OH excluding ortho intramolecular Hbond substituents is 1. The van der Waals surface area contributed by atoms with Gasteiger partial charge in [0.2, 0.25) is 10.0 Å². The zero-order valence-corrected chi connectivity index (χ0v) is 10.7. The molecule has 96 valence electrons. The van der Waals surface area contributed by atoms with E-state index in [0.717, 1.165) is 4.31 Å². The van der Waals surface area contributed by atoms with E-state index in [1.807, 2.05) is 0 Å². The Bertz CT molecular complexity index is 470. The van der Waals surface area contributed by atoms with E-state index < -0.39 is 10.0 Å². The molecule has 0 spiro atoms. The molecule has 0 atom stereocenters. The molecule has 5 nitrogen and oxygen atoms in total. The molecular formula is C11H17NO4S. The molecule has 0 radical (unpaired) electrons. The third-order valence-electron chi connectivity index (χ3n) is 2.35. The first-order chi connectivity index (χ1) is 7.91. The van der Waals surface area contributed by atoms with Crippen LogP contribution in [-0.4, -0.2) is 42.1 Å². The van der Waals surface area contributed by atoms with Crippen LogP contribution in [0.15, 0.2) is 29.2 Å². The highest BCUT2D eigenvalue weighted by atomic mass is 32.2. The Hall–Kier alpha value is -1.11. The minimum Gasteiger partial charge on any atom is -0.507 e. The van der Waals surface area contributed by atoms with E-state index in [4.69, 9.17) is 5.11 Å². The molecule has 0 fully saturated rings. The normalized spacial score (nSPS) is 12.3. The molecule has 0 bridgehead atoms. The van der Waals surface area contributed by atoms with Crippen LogP contribution in [0.4, 0.5) is 0 Å². The number of rotatable bonds is 5. The van der Waals surface area contributed by atoms with Gasteiger partial charge in [-0.25, -0.2) is 8.42 Å². The minimum atomic E-state index is -3.77. The van der Waals surface area contributed by atoms with E-state index >= 15 is 0 Å². The molecule has 0 amide bonds. The molecule has 0 unspecified atom stereocenters. The van der Waals surface area contributed by atoms with Gasteiger partial charge >= 0.3 is 0 Å². The van der Waals surface area contributed by atoms with E-state index in [2.05, 4.69) is 0 Å². The van der Waals surface area contributed by atoms with Gasteiger partial charge in [-0.3, -0.25) is 0 Å². The fourth-order valence-electron chi connectivity index (χ4n) is 1.56. The zero-order valence-electron chi connectivity index (χ0n) is 9.87. The monoisotopic (exact) mass is 259 g/mol. The van der Waals surface area contributed by atoms with Crippen molar-refractivity contribution in [3.05, 3.63) is 24.3 Å². The van der Waals surface area contributed by atoms with Gasteiger partial charge in [0.25, 0.3) is 0 Å². The Morgan fingerprint density at radius 2 is 1.88 bits per heavy atom. The Labute approximate surface area is 101 Å². The van der Waals surface area contributed by atoms with E-state index in [-0.39, 0.29) is 29.8 Å². The third kappa shape index (κ3) is 2.96. The van der Waals surface area contributed by atoms with Crippen molar-refractivity contribution in [2.45, 2.75) is 24.8 Å². The van der Waals surface area contributed by atoms with Crippen molar-refractivity contribution in [1.29, 1.82) is 0 Å². The first-order valence-corrected chi connectivity index (χ1v) is 6.76. The number of aliphatic hydroxyl groups excluding tert-OH is 1. The minimum absolute atomic E-state index is 0.00827. The van der Waals surface area contributed by atoms with Gasteiger partial charge in [0.05, 0.1) is 6.61 Å². The maximum Gasteiger partial charge on any atom is 0.247 e. The average Bonchev–Trinajstić information content (AvgIpc) is 2.25. The van der Waals surface area contributed by atoms with E-state index in [1.165, 1.54) is 12.1 Å². The number of para-hydroxylation sites is 1. The lowest BCUT2D eigenvalue weighted by Gasteiger charge is -2.25. The molecular weight excluding hydrogens is 242 g/mol. The van der Waals surface area contributed by atoms with Crippen molar-refractivity contribution >= 4 is 10.0 Å². The van der Waals surface area contributed by atoms with E-state index in [1.54, 1.807) is 26.0 Å². The van der Waals surface area contributed by atoms with Gasteiger partial charge in [0, 0.05) is 12.6 Å². The second kappa shape index (κ2) is 5.48. The number of phenols is 1. The van der Waals surface area contributed by atoms with Crippen molar-refractivity contribution < 1.29 is 18.6 Å². The topological polar surface area (TPSA) is 77.8 Å². The molecule has 0 saturated heterocycles. The molecule has 0 aliphatic heterocycles. The molecule has 1 aromatic carbocycles. The summed E-state index contributed by atoms with van der Waals surface area (Å²) in [4.78, 5) is -0.137. The van der Waals surface area contributed by atoms with Crippen LogP contribution in [0.3, 0.4) is 0 Å². The van der Waals surface area contributed by atoms with Crippen LogP contribution in [0, 0.1) is 0 Å². The summed E-state index contributed by atoms with van der Waals surface area (Å²) in [5.41, 5.74) is 0. The quantitative estimate of drug-likeness (QED) is 0.819. The summed E-state index contributed by atoms with van der Waals surface area (Å²) < 4.78 is 25.6. The van der Waals surface area contributed by atoms with Crippen LogP contribution in [-0.2, 0) is 10.0 Å². The van der Waals surface area contributed by atoms with Crippen LogP contribution in [0.5, 0.6) is 5.75 Å². The summed E-state index contributed by atoms with van der Waals surface area (Å²) in [6.07, 6.45) is 0. The molecule has 1 aromatic rings. The Balaban J connectivity index is 3.22. The van der Waals surface area contributed by atoms with Crippen LogP contribution in [0.1, 0.15) is 13.8 Å². The number of nitrogens with zero attached hydrogens (tertiary/aromatic N) is 1. The molecule has 1 rings (SSSR count). The lowest BCUT2D eigenvalue weighted by Crippen LogP contribution is -2.38. The fourth-order valence-corrected chi connectivity index (χ4v) is 3.27. The summed E-state index contributed by atoms with van der Waals surface area (Å²) in [5, 5.41) is 18.5. The highest BCUT2D eigenvalue weighted by Crippen LogP contribution is 2.26. The summed E-state index contributed by atoms with van der Waals surface area (Å²) in [6, 6.07) is 5.48. The molecule has 0 saturated carbocycles. The molecule has 0 aliphatic carbocycles. The summed E-state index contributed by atoms with van der Waals surface area (Å²) in [7, 11) is -3.77. The summed E-state index contributed by atoms with van der Waals surface area (Å²) in [6.45, 7) is 3.18. The van der Waals surface area contributed by atoms with Crippen LogP contribution in [0.2, 0.25) is 0 Å². The smallest absolute Gasteiger partial charge is 0.247 e. The van der Waals surface area contributed by atoms with Gasteiger partial charge in [-0.15, -0.1) is 0 Å². The Morgan fingerprint density at radius 3 is 2.35 bits per heavy atom. The highest BCUT2D eigenvalue weighted by molar-refractivity contribution is 7.89. The number of sulfonamides is 1. The zero-order chi connectivity index (χ0) is 13.1. The van der Waals surface area contributed by atoms with E-state index in [0.29, 0.717) is 0 Å². The molecule has 6 heteroatoms. The largest absolute Gasteiger partial charge is 0.507 e. The fraction of sp³-hybridized carbons (Fsp3) is 0.455. The lowest BCUT2D eigenvalue weighted by atomic mass is 10.3. The van der Waals surface area contributed by atoms with Crippen molar-refractivity contribution in [2.24, 2.45) is 0 Å². The second-order valence-corrected chi connectivity index (χ2v) is 5.76. The highest BCUT2D eigenvalue weighted by Gasteiger charge is 2.28. The average molecular weight is 259 g/mol. The van der Waals surface area contributed by atoms with Gasteiger partial charge in [-0.1, -0.05) is 12.1 Å². The van der Waals surface area contributed by atoms with Crippen LogP contribution in [0.25, 0.3) is 0 Å². The number of benzene rings is 1. The first-order valence-electron chi connectivity index (χ1n) is 5.32. The van der Waals surface area contributed by atoms with Gasteiger partial charge in [0.1, 0.15) is 10.6 Å². The van der Waals surface area contributed by atoms with Crippen molar-refractivity contribution in [2.75, 3.05) is 13.2 Å². The van der Waals surface area contributed by atoms with Crippen LogP contribution < -0.4 is 0 Å². The van der Waals surface area contributed by atoms with Gasteiger partial charge in [-0.05, 0) is 26.0 Å². The number of hydrogen-bond donors (Lipinski definition) is 2. The molecule has 0 aromatic heterocycles. The van der Waals surface area contributed by atoms with Crippen molar-refractivity contribution in [3.63, 3.8) is 0 Å². The van der Waals surface area contributed by atoms with Gasteiger partial charge in [-0.2, -0.15) is 4.31 Å². The standard InChI is InChI=1S/C11H17NO4S/c1-9(2)12(7-8-13)17(15,16)11-6-4-3-5-10(11)14/h3-6,9,13-14H,7-8H2,1-2H3. The van der Waals surface area contributed by atoms with Crippen molar-refractivity contribution in [3.8, 4) is 5.75 Å². The number of aliphatic hydroxyl groups is 1. The van der Waals surface area contributed by atoms with E-state index in [9.17, 15) is 13.5 Å². The maximum atomic E-state index is 12.2. The van der Waals surface area contributed by atoms with Crippen LogP contribution >= 0.6 is 0 Å². The summed E-state index contributed by atoms with van der Waals surface area (Å²) >= 11 is 0. The molecule has 0 aliphatic rings. The number of aromatic hydroxyl groups is 1. The predicted molar refractivity (Wildman–Crippen MR) is 64.2 cm³/mol. The lowest BCUT2D eigenvalue weighted by molar-refractivity contribution is 0.236. The summed E-state index contributed by atoms with van der Waals surface area (Å²) in [5.74, 6) is -0.281. The molecule has 17 heavy (non-hydrogen) atoms. The Morgan fingerprint density at radius 1 is 1.29 bits per heavy atom. The molecule has 2 N–H and O–H groups in total. The maximum absolute atomic E-state index is 12.2. The van der Waals surface area contributed by atoms with Gasteiger partial charge in [0.15, 0.2) is 0 Å². The van der Waals surface area contributed by atoms with Crippen molar-refractivity contribution in [1.82, 2.24) is 4.31 Å². The SMILES string of the molecule is CC(C)N(CCO)S(=O)(=O)c1ccccc1O. The van der Waals surface area contributed by atoms with Gasteiger partial charge < -0.3 is 10.2 Å². The third-order valence-corrected chi connectivity index (χ3v) is 4.47.